The highest BCUT2D eigenvalue weighted by atomic mass is 32.2. The zero-order chi connectivity index (χ0) is 38.0. The number of halogens is 9. The number of sulfone groups is 1. The molecule has 0 aliphatic carbocycles. The maximum Gasteiger partial charge on any atom is 0.460 e. The van der Waals surface area contributed by atoms with Gasteiger partial charge in [0.1, 0.15) is 21.7 Å². The van der Waals surface area contributed by atoms with Gasteiger partial charge in [0.25, 0.3) is 9.84 Å². The van der Waals surface area contributed by atoms with Crippen molar-refractivity contribution in [1.82, 2.24) is 0 Å². The van der Waals surface area contributed by atoms with E-state index in [1.807, 2.05) is 36.4 Å². The highest BCUT2D eigenvalue weighted by Crippen LogP contribution is 2.56. The Morgan fingerprint density at radius 1 is 0.577 bits per heavy atom. The first-order chi connectivity index (χ1) is 24.4. The molecule has 272 valence electrons. The zero-order valence-electron chi connectivity index (χ0n) is 26.7. The summed E-state index contributed by atoms with van der Waals surface area (Å²) in [6, 6.07) is 36.1. The van der Waals surface area contributed by atoms with Crippen LogP contribution in [0.1, 0.15) is 5.56 Å². The number of hydrogen-bond acceptors (Lipinski definition) is 4. The Bertz CT molecular complexity index is 2110. The first-order valence-corrected chi connectivity index (χ1v) is 18.2. The van der Waals surface area contributed by atoms with E-state index >= 15 is 8.78 Å². The fraction of sp³-hybridized carbons (Fsp3) is 0.139. The molecule has 0 unspecified atom stereocenters. The Kier molecular flexibility index (Phi) is 10.5. The van der Waals surface area contributed by atoms with Gasteiger partial charge in [-0.15, -0.1) is 10.2 Å². The molecule has 0 heterocycles. The number of hydrogen-bond donors (Lipinski definition) is 0. The zero-order valence-corrected chi connectivity index (χ0v) is 28.4. The van der Waals surface area contributed by atoms with Crippen molar-refractivity contribution in [3.63, 3.8) is 0 Å². The minimum absolute atomic E-state index is 0.145. The van der Waals surface area contributed by atoms with Crippen LogP contribution in [-0.2, 0) is 9.84 Å². The maximum absolute atomic E-state index is 15.1. The number of benzene rings is 5. The minimum Gasteiger partial charge on any atom is -0.497 e. The number of ether oxygens (including phenoxy) is 1. The Morgan fingerprint density at radius 3 is 1.42 bits per heavy atom. The Morgan fingerprint density at radius 2 is 1.00 bits per heavy atom. The van der Waals surface area contributed by atoms with E-state index in [-0.39, 0.29) is 5.42 Å². The first kappa shape index (κ1) is 38.4. The van der Waals surface area contributed by atoms with Gasteiger partial charge in [-0.1, -0.05) is 103 Å². The monoisotopic (exact) mass is 768 g/mol. The summed E-state index contributed by atoms with van der Waals surface area (Å²) in [6.45, 7) is -3.23. The van der Waals surface area contributed by atoms with E-state index in [0.717, 1.165) is 18.2 Å². The van der Waals surface area contributed by atoms with Gasteiger partial charge in [0, 0.05) is 12.4 Å². The van der Waals surface area contributed by atoms with E-state index in [2.05, 4.69) is 10.2 Å². The lowest BCUT2D eigenvalue weighted by Gasteiger charge is -2.33. The van der Waals surface area contributed by atoms with Crippen LogP contribution in [0.25, 0.3) is 0 Å². The van der Waals surface area contributed by atoms with Crippen LogP contribution in [0.5, 0.6) is 5.75 Å². The van der Waals surface area contributed by atoms with E-state index in [4.69, 9.17) is 4.74 Å². The molecule has 0 fully saturated rings. The molecule has 0 spiro atoms. The van der Waals surface area contributed by atoms with Crippen molar-refractivity contribution in [2.24, 2.45) is 10.2 Å². The predicted molar refractivity (Wildman–Crippen MR) is 181 cm³/mol. The van der Waals surface area contributed by atoms with Gasteiger partial charge in [0.05, 0.1) is 7.11 Å². The highest BCUT2D eigenvalue weighted by molar-refractivity contribution is 7.95. The Balaban J connectivity index is 1.88. The molecule has 52 heavy (non-hydrogen) atoms. The summed E-state index contributed by atoms with van der Waals surface area (Å²) < 4.78 is 157. The van der Waals surface area contributed by atoms with E-state index in [1.165, 1.54) is 7.11 Å². The van der Waals surface area contributed by atoms with Crippen molar-refractivity contribution in [1.29, 1.82) is 0 Å². The van der Waals surface area contributed by atoms with Crippen LogP contribution >= 0.6 is 6.89 Å². The predicted octanol–water partition coefficient (Wildman–Crippen LogP) is 9.15. The van der Waals surface area contributed by atoms with Crippen molar-refractivity contribution >= 4 is 43.7 Å². The third-order valence-electron chi connectivity index (χ3n) is 7.96. The molecule has 0 aliphatic rings. The number of nitrogens with zero attached hydrogens (tertiary/aromatic N) is 2. The summed E-state index contributed by atoms with van der Waals surface area (Å²) in [4.78, 5) is -1.77. The van der Waals surface area contributed by atoms with Crippen LogP contribution in [0.2, 0.25) is 0 Å². The van der Waals surface area contributed by atoms with E-state index in [9.17, 15) is 39.2 Å². The molecular formula is C36H26F9N2O3PS. The molecule has 0 amide bonds. The van der Waals surface area contributed by atoms with Crippen molar-refractivity contribution in [2.45, 2.75) is 28.2 Å². The topological polar surface area (TPSA) is 68.1 Å². The summed E-state index contributed by atoms with van der Waals surface area (Å²) >= 11 is 0. The molecule has 0 aliphatic heterocycles. The van der Waals surface area contributed by atoms with Gasteiger partial charge in [0.2, 0.25) is 0 Å². The fourth-order valence-corrected chi connectivity index (χ4v) is 10.9. The molecule has 5 aromatic rings. The summed E-state index contributed by atoms with van der Waals surface area (Å²) in [6.07, 6.45) is -7.23. The van der Waals surface area contributed by atoms with Crippen molar-refractivity contribution in [3.8, 4) is 5.75 Å². The standard InChI is InChI=1S/C36H26F9N2O3PS/c1-50-26-23-21-25(22-24-26)32(51(27-13-5-2-6-14-27,28-15-7-3-8-16-28)29-17-9-4-10-18-29)47-46-30-19-11-12-20-31(30)52(48,49)36(44,45)34(39,40)33(37,38)35(41,42)43/h2-24H,1H3. The third kappa shape index (κ3) is 6.40. The van der Waals surface area contributed by atoms with Gasteiger partial charge < -0.3 is 4.74 Å². The molecule has 5 nitrogen and oxygen atoms in total. The van der Waals surface area contributed by atoms with Crippen molar-refractivity contribution in [3.05, 3.63) is 145 Å². The summed E-state index contributed by atoms with van der Waals surface area (Å²) in [5.41, 5.74) is -0.519. The van der Waals surface area contributed by atoms with Crippen LogP contribution in [0.4, 0.5) is 45.2 Å². The molecule has 0 radical (unpaired) electrons. The van der Waals surface area contributed by atoms with Crippen molar-refractivity contribution in [2.75, 3.05) is 7.11 Å². The lowest BCUT2D eigenvalue weighted by molar-refractivity contribution is -0.382. The molecule has 0 saturated carbocycles. The number of methoxy groups -OCH3 is 1. The average molecular weight is 769 g/mol. The average Bonchev–Trinajstić information content (AvgIpc) is 3.14. The van der Waals surface area contributed by atoms with Crippen LogP contribution < -0.4 is 20.7 Å². The van der Waals surface area contributed by atoms with Gasteiger partial charge in [-0.05, 0) is 52.3 Å². The van der Waals surface area contributed by atoms with Gasteiger partial charge in [-0.3, -0.25) is 0 Å². The van der Waals surface area contributed by atoms with E-state index < -0.39 is 50.6 Å². The molecular weight excluding hydrogens is 742 g/mol. The quantitative estimate of drug-likeness (QED) is 0.0765. The minimum atomic E-state index is -7.44. The second-order valence-electron chi connectivity index (χ2n) is 11.1. The second kappa shape index (κ2) is 14.3. The normalized spacial score (nSPS) is 13.3. The van der Waals surface area contributed by atoms with Gasteiger partial charge >= 0.3 is 23.3 Å². The largest absolute Gasteiger partial charge is 0.497 e. The second-order valence-corrected chi connectivity index (χ2v) is 16.3. The van der Waals surface area contributed by atoms with Gasteiger partial charge in [-0.25, -0.2) is 8.42 Å². The van der Waals surface area contributed by atoms with Gasteiger partial charge in [0.15, 0.2) is 0 Å². The lowest BCUT2D eigenvalue weighted by atomic mass is 10.1. The van der Waals surface area contributed by atoms with Gasteiger partial charge in [-0.2, -0.15) is 39.5 Å². The number of azo groups is 1. The lowest BCUT2D eigenvalue weighted by Crippen LogP contribution is -2.63. The SMILES string of the molecule is COc1ccc(C(N=Nc2ccccc2S(=O)(=O)C(F)(F)C(F)(F)C(F)(F)C(F)(F)F)=P(c2ccccc2)(c2ccccc2)c2ccccc2)cc1. The summed E-state index contributed by atoms with van der Waals surface area (Å²) in [5.74, 6) is -14.4. The van der Waals surface area contributed by atoms with E-state index in [1.54, 1.807) is 78.9 Å². The Labute approximate surface area is 292 Å². The molecule has 0 aromatic heterocycles. The Hall–Kier alpha value is -4.88. The molecule has 16 heteroatoms. The van der Waals surface area contributed by atoms with Crippen molar-refractivity contribution < 1.29 is 52.7 Å². The van der Waals surface area contributed by atoms with Crippen LogP contribution in [-0.4, -0.2) is 44.2 Å². The highest BCUT2D eigenvalue weighted by Gasteiger charge is 2.85. The molecule has 0 bridgehead atoms. The summed E-state index contributed by atoms with van der Waals surface area (Å²) in [7, 11) is -5.59. The number of rotatable bonds is 11. The van der Waals surface area contributed by atoms with Crippen LogP contribution in [0, 0.1) is 0 Å². The molecule has 0 atom stereocenters. The first-order valence-electron chi connectivity index (χ1n) is 15.0. The van der Waals surface area contributed by atoms with Crippen LogP contribution in [0.15, 0.2) is 155 Å². The number of alkyl halides is 9. The molecule has 5 aromatic carbocycles. The third-order valence-corrected chi connectivity index (χ3v) is 14.0. The van der Waals surface area contributed by atoms with E-state index in [0.29, 0.717) is 33.3 Å². The molecule has 5 rings (SSSR count). The molecule has 0 saturated heterocycles. The fourth-order valence-electron chi connectivity index (χ4n) is 5.36. The summed E-state index contributed by atoms with van der Waals surface area (Å²) in [5, 5.41) is 3.52. The maximum atomic E-state index is 15.1. The smallest absolute Gasteiger partial charge is 0.460 e. The molecule has 0 N–H and O–H groups in total. The van der Waals surface area contributed by atoms with Crippen LogP contribution in [0.3, 0.4) is 0 Å².